The molecule has 0 amide bonds. The number of rotatable bonds is 3. The Labute approximate surface area is 119 Å². The van der Waals surface area contributed by atoms with Crippen LogP contribution in [0.2, 0.25) is 0 Å². The lowest BCUT2D eigenvalue weighted by Gasteiger charge is -2.18. The molecule has 0 spiro atoms. The van der Waals surface area contributed by atoms with E-state index in [9.17, 15) is 0 Å². The van der Waals surface area contributed by atoms with Gasteiger partial charge in [0, 0.05) is 12.6 Å². The zero-order chi connectivity index (χ0) is 13.2. The van der Waals surface area contributed by atoms with Gasteiger partial charge in [-0.3, -0.25) is 0 Å². The highest BCUT2D eigenvalue weighted by atomic mass is 35.5. The molecule has 0 heterocycles. The van der Waals surface area contributed by atoms with Gasteiger partial charge in [-0.15, -0.1) is 11.6 Å². The van der Waals surface area contributed by atoms with E-state index in [1.54, 1.807) is 0 Å². The van der Waals surface area contributed by atoms with Crippen LogP contribution in [0.5, 0.6) is 0 Å². The minimum absolute atomic E-state index is 0.154. The summed E-state index contributed by atoms with van der Waals surface area (Å²) in [6.45, 7) is 3.02. The van der Waals surface area contributed by atoms with Gasteiger partial charge >= 0.3 is 0 Å². The predicted molar refractivity (Wildman–Crippen MR) is 80.5 cm³/mol. The molecular weight excluding hydrogens is 254 g/mol. The van der Waals surface area contributed by atoms with Gasteiger partial charge in [-0.2, -0.15) is 0 Å². The average Bonchev–Trinajstić information content (AvgIpc) is 2.74. The van der Waals surface area contributed by atoms with Crippen molar-refractivity contribution < 1.29 is 0 Å². The molecule has 1 aliphatic rings. The van der Waals surface area contributed by atoms with Crippen LogP contribution in [0.15, 0.2) is 48.5 Å². The van der Waals surface area contributed by atoms with Crippen LogP contribution in [0.25, 0.3) is 0 Å². The van der Waals surface area contributed by atoms with Gasteiger partial charge in [-0.1, -0.05) is 48.5 Å². The molecule has 19 heavy (non-hydrogen) atoms. The average molecular weight is 272 g/mol. The fraction of sp³-hybridized carbons (Fsp3) is 0.294. The molecule has 0 aromatic heterocycles. The molecule has 0 aliphatic heterocycles. The smallest absolute Gasteiger partial charge is 0.0571 e. The summed E-state index contributed by atoms with van der Waals surface area (Å²) in [4.78, 5) is 0. The van der Waals surface area contributed by atoms with Crippen molar-refractivity contribution in [1.82, 2.24) is 5.32 Å². The van der Waals surface area contributed by atoms with Gasteiger partial charge in [0.15, 0.2) is 0 Å². The summed E-state index contributed by atoms with van der Waals surface area (Å²) in [5.41, 5.74) is 5.41. The van der Waals surface area contributed by atoms with Gasteiger partial charge in [0.25, 0.3) is 0 Å². The van der Waals surface area contributed by atoms with Crippen LogP contribution in [0, 0.1) is 6.92 Å². The zero-order valence-electron chi connectivity index (χ0n) is 11.1. The second-order valence-corrected chi connectivity index (χ2v) is 5.76. The van der Waals surface area contributed by atoms with Crippen LogP contribution in [-0.4, -0.2) is 5.38 Å². The predicted octanol–water partition coefficient (Wildman–Crippen LogP) is 3.99. The van der Waals surface area contributed by atoms with Crippen molar-refractivity contribution in [3.8, 4) is 0 Å². The molecule has 0 fully saturated rings. The van der Waals surface area contributed by atoms with Gasteiger partial charge in [-0.25, -0.2) is 0 Å². The maximum atomic E-state index is 6.49. The fourth-order valence-electron chi connectivity index (χ4n) is 2.81. The molecule has 0 saturated heterocycles. The second kappa shape index (κ2) is 5.36. The molecule has 2 aromatic carbocycles. The van der Waals surface area contributed by atoms with Crippen LogP contribution in [0.1, 0.15) is 28.3 Å². The Bertz CT molecular complexity index is 579. The quantitative estimate of drug-likeness (QED) is 0.833. The maximum absolute atomic E-state index is 6.49. The minimum atomic E-state index is 0.154. The summed E-state index contributed by atoms with van der Waals surface area (Å²) in [7, 11) is 0. The first-order chi connectivity index (χ1) is 9.25. The normalized spacial score (nSPS) is 21.4. The Balaban J connectivity index is 1.76. The monoisotopic (exact) mass is 271 g/mol. The molecule has 2 aromatic rings. The topological polar surface area (TPSA) is 12.0 Å². The van der Waals surface area contributed by atoms with Crippen molar-refractivity contribution in [3.05, 3.63) is 70.8 Å². The molecule has 2 atom stereocenters. The van der Waals surface area contributed by atoms with E-state index in [4.69, 9.17) is 11.6 Å². The maximum Gasteiger partial charge on any atom is 0.0571 e. The Kier molecular flexibility index (Phi) is 3.58. The third-order valence-electron chi connectivity index (χ3n) is 3.94. The standard InChI is InChI=1S/C17H18ClN/c1-12-6-2-3-8-14(12)11-19-17-15-9-5-4-7-13(15)10-16(17)18/h2-9,16-17,19H,10-11H2,1H3. The van der Waals surface area contributed by atoms with E-state index in [0.717, 1.165) is 13.0 Å². The lowest BCUT2D eigenvalue weighted by atomic mass is 10.1. The van der Waals surface area contributed by atoms with Crippen molar-refractivity contribution in [3.63, 3.8) is 0 Å². The van der Waals surface area contributed by atoms with Gasteiger partial charge in [0.2, 0.25) is 0 Å². The van der Waals surface area contributed by atoms with Crippen molar-refractivity contribution >= 4 is 11.6 Å². The number of alkyl halides is 1. The molecular formula is C17H18ClN. The largest absolute Gasteiger partial charge is 0.305 e. The first kappa shape index (κ1) is 12.7. The van der Waals surface area contributed by atoms with Gasteiger partial charge in [0.05, 0.1) is 5.38 Å². The van der Waals surface area contributed by atoms with E-state index in [0.29, 0.717) is 0 Å². The Hall–Kier alpha value is -1.31. The number of nitrogens with one attached hydrogen (secondary N) is 1. The number of hydrogen-bond acceptors (Lipinski definition) is 1. The van der Waals surface area contributed by atoms with Crippen LogP contribution in [0.3, 0.4) is 0 Å². The van der Waals surface area contributed by atoms with E-state index in [2.05, 4.69) is 60.8 Å². The summed E-state index contributed by atoms with van der Waals surface area (Å²) in [6.07, 6.45) is 0.961. The molecule has 2 heteroatoms. The van der Waals surface area contributed by atoms with E-state index in [1.807, 2.05) is 0 Å². The lowest BCUT2D eigenvalue weighted by molar-refractivity contribution is 0.535. The molecule has 1 aliphatic carbocycles. The van der Waals surface area contributed by atoms with Gasteiger partial charge < -0.3 is 5.32 Å². The molecule has 98 valence electrons. The van der Waals surface area contributed by atoms with Crippen molar-refractivity contribution in [1.29, 1.82) is 0 Å². The number of halogens is 1. The first-order valence-corrected chi connectivity index (χ1v) is 7.19. The summed E-state index contributed by atoms with van der Waals surface area (Å²) >= 11 is 6.49. The van der Waals surface area contributed by atoms with E-state index in [1.165, 1.54) is 22.3 Å². The summed E-state index contributed by atoms with van der Waals surface area (Å²) in [5, 5.41) is 3.77. The number of benzene rings is 2. The van der Waals surface area contributed by atoms with Crippen LogP contribution in [-0.2, 0) is 13.0 Å². The minimum Gasteiger partial charge on any atom is -0.305 e. The summed E-state index contributed by atoms with van der Waals surface area (Å²) < 4.78 is 0. The van der Waals surface area contributed by atoms with E-state index in [-0.39, 0.29) is 11.4 Å². The third kappa shape index (κ3) is 2.54. The molecule has 0 saturated carbocycles. The van der Waals surface area contributed by atoms with Gasteiger partial charge in [-0.05, 0) is 35.6 Å². The molecule has 1 nitrogen and oxygen atoms in total. The molecule has 0 bridgehead atoms. The highest BCUT2D eigenvalue weighted by molar-refractivity contribution is 6.21. The SMILES string of the molecule is Cc1ccccc1CNC1c2ccccc2CC1Cl. The third-order valence-corrected chi connectivity index (χ3v) is 4.35. The number of fused-ring (bicyclic) bond motifs is 1. The lowest BCUT2D eigenvalue weighted by Crippen LogP contribution is -2.25. The van der Waals surface area contributed by atoms with Crippen molar-refractivity contribution in [2.45, 2.75) is 31.3 Å². The van der Waals surface area contributed by atoms with E-state index < -0.39 is 0 Å². The molecule has 0 radical (unpaired) electrons. The summed E-state index contributed by atoms with van der Waals surface area (Å²) in [5.74, 6) is 0. The zero-order valence-corrected chi connectivity index (χ0v) is 11.8. The molecule has 3 rings (SSSR count). The highest BCUT2D eigenvalue weighted by Gasteiger charge is 2.30. The van der Waals surface area contributed by atoms with Crippen LogP contribution >= 0.6 is 11.6 Å². The Morgan fingerprint density at radius 1 is 1.11 bits per heavy atom. The Morgan fingerprint density at radius 2 is 1.84 bits per heavy atom. The van der Waals surface area contributed by atoms with Crippen LogP contribution in [0.4, 0.5) is 0 Å². The Morgan fingerprint density at radius 3 is 2.68 bits per heavy atom. The first-order valence-electron chi connectivity index (χ1n) is 6.75. The summed E-state index contributed by atoms with van der Waals surface area (Å²) in [6, 6.07) is 17.3. The highest BCUT2D eigenvalue weighted by Crippen LogP contribution is 2.34. The number of hydrogen-bond donors (Lipinski definition) is 1. The van der Waals surface area contributed by atoms with E-state index >= 15 is 0 Å². The van der Waals surface area contributed by atoms with Crippen LogP contribution < -0.4 is 5.32 Å². The molecule has 1 N–H and O–H groups in total. The fourth-order valence-corrected chi connectivity index (χ4v) is 3.20. The molecule has 2 unspecified atom stereocenters. The van der Waals surface area contributed by atoms with Crippen molar-refractivity contribution in [2.24, 2.45) is 0 Å². The second-order valence-electron chi connectivity index (χ2n) is 5.20. The number of aryl methyl sites for hydroxylation is 1. The van der Waals surface area contributed by atoms with Crippen molar-refractivity contribution in [2.75, 3.05) is 0 Å². The van der Waals surface area contributed by atoms with Gasteiger partial charge in [0.1, 0.15) is 0 Å².